The van der Waals surface area contributed by atoms with Crippen molar-refractivity contribution >= 4 is 11.9 Å². The summed E-state index contributed by atoms with van der Waals surface area (Å²) in [6, 6.07) is 0. The van der Waals surface area contributed by atoms with Crippen molar-refractivity contribution < 1.29 is 19.4 Å². The standard InChI is InChI=1S/C9H17NO4/c1-4-6(2)8(12)10-5-7(11)9(13)14-3/h6-7,11H,4-5H2,1-3H3,(H,10,12). The van der Waals surface area contributed by atoms with Crippen molar-refractivity contribution in [2.75, 3.05) is 13.7 Å². The van der Waals surface area contributed by atoms with E-state index >= 15 is 0 Å². The highest BCUT2D eigenvalue weighted by Crippen LogP contribution is 1.99. The Morgan fingerprint density at radius 1 is 1.50 bits per heavy atom. The third-order valence-electron chi connectivity index (χ3n) is 2.00. The van der Waals surface area contributed by atoms with Crippen LogP contribution in [0.3, 0.4) is 0 Å². The number of amides is 1. The van der Waals surface area contributed by atoms with Gasteiger partial charge in [0.15, 0.2) is 6.10 Å². The van der Waals surface area contributed by atoms with Crippen molar-refractivity contribution in [2.24, 2.45) is 5.92 Å². The fraction of sp³-hybridized carbons (Fsp3) is 0.778. The summed E-state index contributed by atoms with van der Waals surface area (Å²) in [6.07, 6.45) is -0.562. The number of aliphatic hydroxyl groups excluding tert-OH is 1. The van der Waals surface area contributed by atoms with E-state index < -0.39 is 12.1 Å². The van der Waals surface area contributed by atoms with Crippen molar-refractivity contribution in [1.29, 1.82) is 0 Å². The molecule has 5 nitrogen and oxygen atoms in total. The Balaban J connectivity index is 3.82. The Labute approximate surface area is 83.4 Å². The van der Waals surface area contributed by atoms with Crippen molar-refractivity contribution in [3.05, 3.63) is 0 Å². The zero-order valence-electron chi connectivity index (χ0n) is 8.74. The molecule has 0 fully saturated rings. The number of esters is 1. The van der Waals surface area contributed by atoms with E-state index in [4.69, 9.17) is 5.11 Å². The van der Waals surface area contributed by atoms with Crippen LogP contribution in [-0.2, 0) is 14.3 Å². The first-order valence-corrected chi connectivity index (χ1v) is 4.56. The van der Waals surface area contributed by atoms with Crippen molar-refractivity contribution in [3.63, 3.8) is 0 Å². The molecule has 5 heteroatoms. The van der Waals surface area contributed by atoms with Crippen LogP contribution in [0, 0.1) is 5.92 Å². The van der Waals surface area contributed by atoms with Crippen LogP contribution in [0.4, 0.5) is 0 Å². The average Bonchev–Trinajstić information content (AvgIpc) is 2.22. The van der Waals surface area contributed by atoms with Crippen LogP contribution in [0.2, 0.25) is 0 Å². The molecule has 2 unspecified atom stereocenters. The lowest BCUT2D eigenvalue weighted by molar-refractivity contribution is -0.150. The Bertz CT molecular complexity index is 205. The molecule has 0 saturated heterocycles. The van der Waals surface area contributed by atoms with Gasteiger partial charge in [0, 0.05) is 5.92 Å². The van der Waals surface area contributed by atoms with Gasteiger partial charge in [0.25, 0.3) is 0 Å². The van der Waals surface area contributed by atoms with Gasteiger partial charge in [-0.3, -0.25) is 4.79 Å². The highest BCUT2D eigenvalue weighted by molar-refractivity contribution is 5.80. The van der Waals surface area contributed by atoms with E-state index in [1.54, 1.807) is 6.92 Å². The number of hydrogen-bond acceptors (Lipinski definition) is 4. The first kappa shape index (κ1) is 12.9. The molecule has 0 aliphatic heterocycles. The number of ether oxygens (including phenoxy) is 1. The monoisotopic (exact) mass is 203 g/mol. The van der Waals surface area contributed by atoms with Crippen LogP contribution in [0.5, 0.6) is 0 Å². The molecule has 0 spiro atoms. The van der Waals surface area contributed by atoms with E-state index in [0.29, 0.717) is 0 Å². The number of carbonyl (C=O) groups excluding carboxylic acids is 2. The maximum absolute atomic E-state index is 11.2. The van der Waals surface area contributed by atoms with Gasteiger partial charge in [-0.15, -0.1) is 0 Å². The second-order valence-corrected chi connectivity index (χ2v) is 3.09. The molecule has 0 aliphatic rings. The zero-order valence-corrected chi connectivity index (χ0v) is 8.74. The number of methoxy groups -OCH3 is 1. The lowest BCUT2D eigenvalue weighted by Crippen LogP contribution is -2.39. The second-order valence-electron chi connectivity index (χ2n) is 3.09. The fourth-order valence-corrected chi connectivity index (χ4v) is 0.776. The Morgan fingerprint density at radius 2 is 2.07 bits per heavy atom. The summed E-state index contributed by atoms with van der Waals surface area (Å²) in [5, 5.41) is 11.6. The molecule has 0 radical (unpaired) electrons. The maximum atomic E-state index is 11.2. The van der Waals surface area contributed by atoms with Gasteiger partial charge in [-0.2, -0.15) is 0 Å². The summed E-state index contributed by atoms with van der Waals surface area (Å²) in [7, 11) is 1.18. The smallest absolute Gasteiger partial charge is 0.336 e. The summed E-state index contributed by atoms with van der Waals surface area (Å²) in [5.41, 5.74) is 0. The molecule has 0 saturated carbocycles. The highest BCUT2D eigenvalue weighted by Gasteiger charge is 2.17. The molecule has 2 N–H and O–H groups in total. The molecule has 14 heavy (non-hydrogen) atoms. The molecule has 0 aromatic rings. The summed E-state index contributed by atoms with van der Waals surface area (Å²) in [6.45, 7) is 3.57. The van der Waals surface area contributed by atoms with Crippen LogP contribution in [0.15, 0.2) is 0 Å². The summed E-state index contributed by atoms with van der Waals surface area (Å²) in [5.74, 6) is -1.02. The molecule has 2 atom stereocenters. The summed E-state index contributed by atoms with van der Waals surface area (Å²) < 4.78 is 4.29. The normalized spacial score (nSPS) is 14.3. The molecule has 0 bridgehead atoms. The number of carbonyl (C=O) groups is 2. The van der Waals surface area contributed by atoms with Crippen LogP contribution in [0.1, 0.15) is 20.3 Å². The van der Waals surface area contributed by atoms with Gasteiger partial charge in [-0.25, -0.2) is 4.79 Å². The molecule has 82 valence electrons. The first-order valence-electron chi connectivity index (χ1n) is 4.56. The van der Waals surface area contributed by atoms with E-state index in [2.05, 4.69) is 10.1 Å². The number of nitrogens with one attached hydrogen (secondary N) is 1. The average molecular weight is 203 g/mol. The van der Waals surface area contributed by atoms with Crippen LogP contribution < -0.4 is 5.32 Å². The van der Waals surface area contributed by atoms with E-state index in [-0.39, 0.29) is 18.4 Å². The van der Waals surface area contributed by atoms with Crippen LogP contribution >= 0.6 is 0 Å². The summed E-state index contributed by atoms with van der Waals surface area (Å²) >= 11 is 0. The van der Waals surface area contributed by atoms with Gasteiger partial charge in [0.2, 0.25) is 5.91 Å². The predicted octanol–water partition coefficient (Wildman–Crippen LogP) is -0.317. The van der Waals surface area contributed by atoms with Gasteiger partial charge in [-0.1, -0.05) is 13.8 Å². The topological polar surface area (TPSA) is 75.6 Å². The zero-order chi connectivity index (χ0) is 11.1. The van der Waals surface area contributed by atoms with Crippen LogP contribution in [0.25, 0.3) is 0 Å². The van der Waals surface area contributed by atoms with Crippen molar-refractivity contribution in [3.8, 4) is 0 Å². The van der Waals surface area contributed by atoms with Gasteiger partial charge in [0.05, 0.1) is 13.7 Å². The van der Waals surface area contributed by atoms with Gasteiger partial charge in [0.1, 0.15) is 0 Å². The summed E-state index contributed by atoms with van der Waals surface area (Å²) in [4.78, 5) is 22.0. The molecule has 0 aliphatic carbocycles. The lowest BCUT2D eigenvalue weighted by atomic mass is 10.1. The van der Waals surface area contributed by atoms with Gasteiger partial charge < -0.3 is 15.2 Å². The number of hydrogen-bond donors (Lipinski definition) is 2. The predicted molar refractivity (Wildman–Crippen MR) is 50.5 cm³/mol. The van der Waals surface area contributed by atoms with Crippen LogP contribution in [-0.4, -0.2) is 36.7 Å². The van der Waals surface area contributed by atoms with E-state index in [1.807, 2.05) is 6.92 Å². The molecule has 1 amide bonds. The SMILES string of the molecule is CCC(C)C(=O)NCC(O)C(=O)OC. The third-order valence-corrected chi connectivity index (χ3v) is 2.00. The van der Waals surface area contributed by atoms with Gasteiger partial charge in [-0.05, 0) is 6.42 Å². The van der Waals surface area contributed by atoms with Crippen molar-refractivity contribution in [2.45, 2.75) is 26.4 Å². The van der Waals surface area contributed by atoms with E-state index in [0.717, 1.165) is 6.42 Å². The number of aliphatic hydroxyl groups is 1. The van der Waals surface area contributed by atoms with Gasteiger partial charge >= 0.3 is 5.97 Å². The number of rotatable bonds is 5. The molecule has 0 rings (SSSR count). The minimum absolute atomic E-state index is 0.101. The molecule has 0 heterocycles. The maximum Gasteiger partial charge on any atom is 0.336 e. The first-order chi connectivity index (χ1) is 6.52. The van der Waals surface area contributed by atoms with E-state index in [1.165, 1.54) is 7.11 Å². The Morgan fingerprint density at radius 3 is 2.50 bits per heavy atom. The molecular formula is C9H17NO4. The molecular weight excluding hydrogens is 186 g/mol. The third kappa shape index (κ3) is 4.23. The molecule has 0 aromatic heterocycles. The van der Waals surface area contributed by atoms with Crippen molar-refractivity contribution in [1.82, 2.24) is 5.32 Å². The minimum Gasteiger partial charge on any atom is -0.467 e. The van der Waals surface area contributed by atoms with E-state index in [9.17, 15) is 9.59 Å². The Hall–Kier alpha value is -1.10. The quantitative estimate of drug-likeness (QED) is 0.601. The molecule has 0 aromatic carbocycles. The Kier molecular flexibility index (Phi) is 5.87. The fourth-order valence-electron chi connectivity index (χ4n) is 0.776. The second kappa shape index (κ2) is 6.37. The largest absolute Gasteiger partial charge is 0.467 e. The minimum atomic E-state index is -1.28. The lowest BCUT2D eigenvalue weighted by Gasteiger charge is -2.12. The highest BCUT2D eigenvalue weighted by atomic mass is 16.5.